The van der Waals surface area contributed by atoms with E-state index in [2.05, 4.69) is 0 Å². The van der Waals surface area contributed by atoms with E-state index < -0.39 is 12.0 Å². The van der Waals surface area contributed by atoms with E-state index in [0.717, 1.165) is 51.4 Å². The van der Waals surface area contributed by atoms with Gasteiger partial charge in [0.15, 0.2) is 11.5 Å². The molecule has 3 N–H and O–H groups in total. The number of carboxylic acid groups (broad SMARTS) is 1. The molecule has 7 heteroatoms. The Labute approximate surface area is 189 Å². The first kappa shape index (κ1) is 24.2. The minimum Gasteiger partial charge on any atom is -0.480 e. The highest BCUT2D eigenvalue weighted by Gasteiger charge is 2.23. The van der Waals surface area contributed by atoms with Gasteiger partial charge in [0, 0.05) is 12.8 Å². The summed E-state index contributed by atoms with van der Waals surface area (Å²) in [6.45, 7) is 0. The number of hydrogen-bond acceptors (Lipinski definition) is 6. The molecule has 1 atom stereocenters. The van der Waals surface area contributed by atoms with E-state index in [-0.39, 0.29) is 29.9 Å². The van der Waals surface area contributed by atoms with Crippen LogP contribution in [0.3, 0.4) is 0 Å². The molecule has 2 aliphatic carbocycles. The smallest absolute Gasteiger partial charge is 0.320 e. The van der Waals surface area contributed by atoms with E-state index in [4.69, 9.17) is 20.3 Å². The molecule has 0 heterocycles. The van der Waals surface area contributed by atoms with E-state index in [1.807, 2.05) is 0 Å². The lowest BCUT2D eigenvalue weighted by molar-refractivity contribution is -0.138. The van der Waals surface area contributed by atoms with E-state index in [1.165, 1.54) is 12.8 Å². The Morgan fingerprint density at radius 1 is 0.844 bits per heavy atom. The number of carbonyl (C=O) groups excluding carboxylic acids is 2. The summed E-state index contributed by atoms with van der Waals surface area (Å²) in [4.78, 5) is 36.2. The Hall–Kier alpha value is -2.41. The molecule has 0 amide bonds. The summed E-state index contributed by atoms with van der Waals surface area (Å²) < 4.78 is 11.2. The zero-order chi connectivity index (χ0) is 22.9. The van der Waals surface area contributed by atoms with Gasteiger partial charge >= 0.3 is 17.9 Å². The molecule has 2 saturated carbocycles. The second kappa shape index (κ2) is 12.0. The van der Waals surface area contributed by atoms with Crippen molar-refractivity contribution >= 4 is 17.9 Å². The SMILES string of the molecule is N[C@@H](Cc1ccc(OC(=O)CC2CCCCC2)c(OC(=O)CC2CCCCC2)c1)C(=O)O. The van der Waals surface area contributed by atoms with E-state index in [0.29, 0.717) is 30.2 Å². The van der Waals surface area contributed by atoms with Gasteiger partial charge in [0.05, 0.1) is 0 Å². The molecular weight excluding hydrogens is 410 g/mol. The third-order valence-electron chi connectivity index (χ3n) is 6.59. The van der Waals surface area contributed by atoms with E-state index >= 15 is 0 Å². The van der Waals surface area contributed by atoms with E-state index in [9.17, 15) is 14.4 Å². The largest absolute Gasteiger partial charge is 0.480 e. The van der Waals surface area contributed by atoms with Gasteiger partial charge in [0.2, 0.25) is 0 Å². The third kappa shape index (κ3) is 7.62. The van der Waals surface area contributed by atoms with Gasteiger partial charge in [0.25, 0.3) is 0 Å². The Balaban J connectivity index is 1.69. The van der Waals surface area contributed by atoms with Gasteiger partial charge in [-0.05, 0) is 61.6 Å². The second-order valence-corrected chi connectivity index (χ2v) is 9.29. The number of nitrogens with two attached hydrogens (primary N) is 1. The fraction of sp³-hybridized carbons (Fsp3) is 0.640. The van der Waals surface area contributed by atoms with Crippen LogP contribution >= 0.6 is 0 Å². The van der Waals surface area contributed by atoms with Crippen LogP contribution in [-0.2, 0) is 20.8 Å². The molecular formula is C25H35NO6. The molecule has 2 fully saturated rings. The summed E-state index contributed by atoms with van der Waals surface area (Å²) in [5.74, 6) is -0.812. The zero-order valence-corrected chi connectivity index (χ0v) is 18.7. The molecule has 0 aliphatic heterocycles. The molecule has 1 aromatic rings. The van der Waals surface area contributed by atoms with Crippen molar-refractivity contribution in [2.45, 2.75) is 89.5 Å². The molecule has 7 nitrogen and oxygen atoms in total. The summed E-state index contributed by atoms with van der Waals surface area (Å²) >= 11 is 0. The molecule has 3 rings (SSSR count). The molecule has 0 spiro atoms. The van der Waals surface area contributed by atoms with E-state index in [1.54, 1.807) is 18.2 Å². The summed E-state index contributed by atoms with van der Waals surface area (Å²) in [6, 6.07) is 3.71. The molecule has 1 aromatic carbocycles. The van der Waals surface area contributed by atoms with Crippen molar-refractivity contribution in [3.05, 3.63) is 23.8 Å². The van der Waals surface area contributed by atoms with Gasteiger partial charge in [-0.3, -0.25) is 14.4 Å². The zero-order valence-electron chi connectivity index (χ0n) is 18.7. The van der Waals surface area contributed by atoms with Crippen molar-refractivity contribution in [1.82, 2.24) is 0 Å². The van der Waals surface area contributed by atoms with Gasteiger partial charge in [-0.15, -0.1) is 0 Å². The van der Waals surface area contributed by atoms with Crippen LogP contribution in [-0.4, -0.2) is 29.1 Å². The maximum Gasteiger partial charge on any atom is 0.320 e. The predicted octanol–water partition coefficient (Wildman–Crippen LogP) is 4.39. The second-order valence-electron chi connectivity index (χ2n) is 9.29. The third-order valence-corrected chi connectivity index (χ3v) is 6.59. The average Bonchev–Trinajstić information content (AvgIpc) is 2.76. The maximum absolute atomic E-state index is 12.6. The Bertz CT molecular complexity index is 796. The topological polar surface area (TPSA) is 116 Å². The van der Waals surface area contributed by atoms with Crippen molar-refractivity contribution in [3.8, 4) is 11.5 Å². The van der Waals surface area contributed by atoms with Gasteiger partial charge in [-0.25, -0.2) is 0 Å². The standard InChI is InChI=1S/C25H35NO6/c26-20(25(29)30)13-19-11-12-21(31-23(27)15-17-7-3-1-4-8-17)22(14-19)32-24(28)16-18-9-5-2-6-10-18/h11-12,14,17-18,20H,1-10,13,15-16,26H2,(H,29,30)/t20-/m0/s1. The maximum atomic E-state index is 12.6. The first-order valence-corrected chi connectivity index (χ1v) is 11.9. The highest BCUT2D eigenvalue weighted by atomic mass is 16.6. The fourth-order valence-corrected chi connectivity index (χ4v) is 4.77. The molecule has 0 unspecified atom stereocenters. The van der Waals surface area contributed by atoms with Crippen LogP contribution in [0.4, 0.5) is 0 Å². The van der Waals surface area contributed by atoms with Crippen LogP contribution in [0.15, 0.2) is 18.2 Å². The number of carboxylic acids is 1. The fourth-order valence-electron chi connectivity index (χ4n) is 4.77. The molecule has 0 radical (unpaired) electrons. The first-order valence-electron chi connectivity index (χ1n) is 11.9. The molecule has 2 aliphatic rings. The molecule has 32 heavy (non-hydrogen) atoms. The lowest BCUT2D eigenvalue weighted by Crippen LogP contribution is -2.32. The highest BCUT2D eigenvalue weighted by Crippen LogP contribution is 2.33. The van der Waals surface area contributed by atoms with Crippen LogP contribution in [0.1, 0.15) is 82.6 Å². The normalized spacial score (nSPS) is 18.7. The van der Waals surface area contributed by atoms with Crippen molar-refractivity contribution in [3.63, 3.8) is 0 Å². The monoisotopic (exact) mass is 445 g/mol. The lowest BCUT2D eigenvalue weighted by Gasteiger charge is -2.21. The average molecular weight is 446 g/mol. The number of hydrogen-bond donors (Lipinski definition) is 2. The van der Waals surface area contributed by atoms with Gasteiger partial charge in [-0.1, -0.05) is 44.6 Å². The van der Waals surface area contributed by atoms with Gasteiger partial charge in [-0.2, -0.15) is 0 Å². The quantitative estimate of drug-likeness (QED) is 0.428. The van der Waals surface area contributed by atoms with Crippen LogP contribution in [0.25, 0.3) is 0 Å². The Morgan fingerprint density at radius 2 is 1.34 bits per heavy atom. The van der Waals surface area contributed by atoms with Crippen molar-refractivity contribution in [2.75, 3.05) is 0 Å². The van der Waals surface area contributed by atoms with Crippen LogP contribution in [0.5, 0.6) is 11.5 Å². The number of benzene rings is 1. The molecule has 0 bridgehead atoms. The number of esters is 2. The number of rotatable bonds is 9. The molecule has 0 saturated heterocycles. The first-order chi connectivity index (χ1) is 15.4. The molecule has 0 aromatic heterocycles. The minimum absolute atomic E-state index is 0.0822. The van der Waals surface area contributed by atoms with Crippen molar-refractivity contribution < 1.29 is 29.0 Å². The van der Waals surface area contributed by atoms with Crippen molar-refractivity contribution in [1.29, 1.82) is 0 Å². The lowest BCUT2D eigenvalue weighted by atomic mass is 9.87. The van der Waals surface area contributed by atoms with Crippen LogP contribution in [0, 0.1) is 11.8 Å². The summed E-state index contributed by atoms with van der Waals surface area (Å²) in [7, 11) is 0. The summed E-state index contributed by atoms with van der Waals surface area (Å²) in [6.07, 6.45) is 11.8. The number of aliphatic carboxylic acids is 1. The van der Waals surface area contributed by atoms with Gasteiger partial charge < -0.3 is 20.3 Å². The minimum atomic E-state index is -1.11. The number of ether oxygens (including phenoxy) is 2. The summed E-state index contributed by atoms with van der Waals surface area (Å²) in [5.41, 5.74) is 6.26. The summed E-state index contributed by atoms with van der Waals surface area (Å²) in [5, 5.41) is 9.09. The molecule has 176 valence electrons. The Morgan fingerprint density at radius 3 is 1.84 bits per heavy atom. The number of carbonyl (C=O) groups is 3. The Kier molecular flexibility index (Phi) is 9.09. The van der Waals surface area contributed by atoms with Gasteiger partial charge in [0.1, 0.15) is 6.04 Å². The van der Waals surface area contributed by atoms with Crippen molar-refractivity contribution in [2.24, 2.45) is 17.6 Å². The van der Waals surface area contributed by atoms with Crippen LogP contribution < -0.4 is 15.2 Å². The highest BCUT2D eigenvalue weighted by molar-refractivity contribution is 5.77. The predicted molar refractivity (Wildman–Crippen MR) is 119 cm³/mol. The van der Waals surface area contributed by atoms with Crippen LogP contribution in [0.2, 0.25) is 0 Å².